The van der Waals surface area contributed by atoms with Crippen LogP contribution in [0.15, 0.2) is 30.4 Å². The van der Waals surface area contributed by atoms with Crippen molar-refractivity contribution in [3.63, 3.8) is 0 Å². The Hall–Kier alpha value is -1.48. The van der Waals surface area contributed by atoms with Crippen LogP contribution in [0.1, 0.15) is 31.4 Å². The molecule has 0 aliphatic heterocycles. The van der Waals surface area contributed by atoms with Gasteiger partial charge < -0.3 is 15.2 Å². The molecule has 17 heavy (non-hydrogen) atoms. The highest BCUT2D eigenvalue weighted by atomic mass is 16.5. The first-order chi connectivity index (χ1) is 8.20. The lowest BCUT2D eigenvalue weighted by molar-refractivity contribution is 0.401. The van der Waals surface area contributed by atoms with Gasteiger partial charge in [0.25, 0.3) is 0 Å². The smallest absolute Gasteiger partial charge is 0.124 e. The molecule has 3 nitrogen and oxygen atoms in total. The zero-order valence-corrected chi connectivity index (χ0v) is 10.3. The molecular weight excluding hydrogens is 214 g/mol. The van der Waals surface area contributed by atoms with Crippen molar-refractivity contribution in [1.82, 2.24) is 5.32 Å². The van der Waals surface area contributed by atoms with Crippen LogP contribution in [-0.2, 0) is 0 Å². The summed E-state index contributed by atoms with van der Waals surface area (Å²) in [5.41, 5.74) is 0.915. The van der Waals surface area contributed by atoms with Crippen molar-refractivity contribution in [2.75, 3.05) is 7.11 Å². The lowest BCUT2D eigenvalue weighted by atomic mass is 10.1. The molecule has 0 saturated carbocycles. The topological polar surface area (TPSA) is 41.5 Å². The molecule has 3 heteroatoms. The number of phenols is 1. The maximum atomic E-state index is 9.93. The number of hydrogen-bond acceptors (Lipinski definition) is 3. The Balaban J connectivity index is 2.05. The summed E-state index contributed by atoms with van der Waals surface area (Å²) in [5.74, 6) is 0.969. The quantitative estimate of drug-likeness (QED) is 0.786. The molecule has 1 unspecified atom stereocenters. The van der Waals surface area contributed by atoms with Gasteiger partial charge in [-0.25, -0.2) is 0 Å². The Kier molecular flexibility index (Phi) is 3.69. The van der Waals surface area contributed by atoms with E-state index in [4.69, 9.17) is 4.74 Å². The van der Waals surface area contributed by atoms with Crippen LogP contribution in [0.2, 0.25) is 0 Å². The molecule has 0 fully saturated rings. The van der Waals surface area contributed by atoms with E-state index < -0.39 is 0 Å². The second kappa shape index (κ2) is 5.23. The summed E-state index contributed by atoms with van der Waals surface area (Å²) in [6.45, 7) is 2.07. The van der Waals surface area contributed by atoms with Crippen molar-refractivity contribution in [2.24, 2.45) is 0 Å². The Morgan fingerprint density at radius 3 is 2.65 bits per heavy atom. The molecule has 0 radical (unpaired) electrons. The molecule has 0 spiro atoms. The first-order valence-electron chi connectivity index (χ1n) is 5.98. The Labute approximate surface area is 102 Å². The maximum absolute atomic E-state index is 9.93. The van der Waals surface area contributed by atoms with Gasteiger partial charge in [-0.15, -0.1) is 0 Å². The van der Waals surface area contributed by atoms with Gasteiger partial charge in [-0.3, -0.25) is 0 Å². The largest absolute Gasteiger partial charge is 0.507 e. The van der Waals surface area contributed by atoms with Gasteiger partial charge in [0.2, 0.25) is 0 Å². The highest BCUT2D eigenvalue weighted by Crippen LogP contribution is 2.29. The average molecular weight is 233 g/mol. The summed E-state index contributed by atoms with van der Waals surface area (Å²) in [4.78, 5) is 0. The normalized spacial score (nSPS) is 17.3. The van der Waals surface area contributed by atoms with E-state index in [0.29, 0.717) is 11.8 Å². The summed E-state index contributed by atoms with van der Waals surface area (Å²) in [6.07, 6.45) is 6.53. The van der Waals surface area contributed by atoms with Crippen molar-refractivity contribution in [2.45, 2.75) is 31.8 Å². The highest BCUT2D eigenvalue weighted by molar-refractivity contribution is 5.41. The number of methoxy groups -OCH3 is 1. The molecule has 1 aromatic rings. The van der Waals surface area contributed by atoms with Crippen LogP contribution in [0.4, 0.5) is 0 Å². The van der Waals surface area contributed by atoms with Crippen LogP contribution in [-0.4, -0.2) is 18.3 Å². The number of nitrogens with one attached hydrogen (secondary N) is 1. The molecule has 2 rings (SSSR count). The van der Waals surface area contributed by atoms with Crippen LogP contribution >= 0.6 is 0 Å². The van der Waals surface area contributed by atoms with Crippen molar-refractivity contribution >= 4 is 0 Å². The van der Waals surface area contributed by atoms with Gasteiger partial charge in [0.15, 0.2) is 0 Å². The van der Waals surface area contributed by atoms with E-state index in [0.717, 1.165) is 18.4 Å². The van der Waals surface area contributed by atoms with Crippen LogP contribution in [0.5, 0.6) is 11.5 Å². The molecular formula is C14H19NO2. The Morgan fingerprint density at radius 1 is 1.35 bits per heavy atom. The van der Waals surface area contributed by atoms with E-state index >= 15 is 0 Å². The fourth-order valence-electron chi connectivity index (χ4n) is 2.21. The van der Waals surface area contributed by atoms with Crippen molar-refractivity contribution in [3.05, 3.63) is 35.9 Å². The molecule has 1 aliphatic carbocycles. The zero-order valence-electron chi connectivity index (χ0n) is 10.3. The van der Waals surface area contributed by atoms with Crippen LogP contribution in [0.3, 0.4) is 0 Å². The summed E-state index contributed by atoms with van der Waals surface area (Å²) in [6, 6.07) is 6.08. The fourth-order valence-corrected chi connectivity index (χ4v) is 2.21. The molecule has 0 saturated heterocycles. The van der Waals surface area contributed by atoms with Crippen molar-refractivity contribution in [1.29, 1.82) is 0 Å². The summed E-state index contributed by atoms with van der Waals surface area (Å²) in [5, 5.41) is 13.4. The Bertz CT molecular complexity index is 407. The first kappa shape index (κ1) is 12.0. The van der Waals surface area contributed by atoms with Gasteiger partial charge in [0.1, 0.15) is 11.5 Å². The molecule has 0 heterocycles. The minimum absolute atomic E-state index is 0.144. The van der Waals surface area contributed by atoms with Crippen molar-refractivity contribution in [3.8, 4) is 11.5 Å². The van der Waals surface area contributed by atoms with Gasteiger partial charge in [0, 0.05) is 23.7 Å². The standard InChI is InChI=1S/C14H19NO2/c1-10(15-11-5-3-4-6-11)13-8-7-12(17-2)9-14(13)16/h3-4,7-11,15-16H,5-6H2,1-2H3. The number of hydrogen-bond donors (Lipinski definition) is 2. The number of rotatable bonds is 4. The van der Waals surface area contributed by atoms with Crippen LogP contribution in [0, 0.1) is 0 Å². The molecule has 92 valence electrons. The number of benzene rings is 1. The van der Waals surface area contributed by atoms with Crippen molar-refractivity contribution < 1.29 is 9.84 Å². The molecule has 0 aromatic heterocycles. The van der Waals surface area contributed by atoms with E-state index in [-0.39, 0.29) is 11.8 Å². The van der Waals surface area contributed by atoms with Gasteiger partial charge in [0.05, 0.1) is 7.11 Å². The predicted molar refractivity (Wildman–Crippen MR) is 68.4 cm³/mol. The maximum Gasteiger partial charge on any atom is 0.124 e. The van der Waals surface area contributed by atoms with E-state index in [1.807, 2.05) is 12.1 Å². The third-order valence-electron chi connectivity index (χ3n) is 3.20. The molecule has 1 aliphatic rings. The zero-order chi connectivity index (χ0) is 12.3. The van der Waals surface area contributed by atoms with Gasteiger partial charge >= 0.3 is 0 Å². The molecule has 1 aromatic carbocycles. The third kappa shape index (κ3) is 2.80. The molecule has 2 N–H and O–H groups in total. The second-order valence-corrected chi connectivity index (χ2v) is 4.45. The minimum atomic E-state index is 0.144. The number of ether oxygens (including phenoxy) is 1. The Morgan fingerprint density at radius 2 is 2.06 bits per heavy atom. The summed E-state index contributed by atoms with van der Waals surface area (Å²) < 4.78 is 5.07. The molecule has 0 amide bonds. The van der Waals surface area contributed by atoms with E-state index in [1.165, 1.54) is 0 Å². The number of aromatic hydroxyl groups is 1. The summed E-state index contributed by atoms with van der Waals surface area (Å²) >= 11 is 0. The lowest BCUT2D eigenvalue weighted by Crippen LogP contribution is -2.29. The van der Waals surface area contributed by atoms with E-state index in [2.05, 4.69) is 24.4 Å². The second-order valence-electron chi connectivity index (χ2n) is 4.45. The van der Waals surface area contributed by atoms with Gasteiger partial charge in [-0.05, 0) is 25.8 Å². The van der Waals surface area contributed by atoms with E-state index in [1.54, 1.807) is 13.2 Å². The summed E-state index contributed by atoms with van der Waals surface area (Å²) in [7, 11) is 1.60. The van der Waals surface area contributed by atoms with Gasteiger partial charge in [-0.2, -0.15) is 0 Å². The van der Waals surface area contributed by atoms with Crippen LogP contribution in [0.25, 0.3) is 0 Å². The van der Waals surface area contributed by atoms with Crippen LogP contribution < -0.4 is 10.1 Å². The third-order valence-corrected chi connectivity index (χ3v) is 3.20. The monoisotopic (exact) mass is 233 g/mol. The molecule has 0 bridgehead atoms. The number of phenolic OH excluding ortho intramolecular Hbond substituents is 1. The first-order valence-corrected chi connectivity index (χ1v) is 5.98. The van der Waals surface area contributed by atoms with E-state index in [9.17, 15) is 5.11 Å². The highest BCUT2D eigenvalue weighted by Gasteiger charge is 2.16. The van der Waals surface area contributed by atoms with Gasteiger partial charge in [-0.1, -0.05) is 18.2 Å². The lowest BCUT2D eigenvalue weighted by Gasteiger charge is -2.20. The SMILES string of the molecule is COc1ccc(C(C)NC2CC=CC2)c(O)c1. The molecule has 1 atom stereocenters. The fraction of sp³-hybridized carbons (Fsp3) is 0.429. The minimum Gasteiger partial charge on any atom is -0.507 e. The predicted octanol–water partition coefficient (Wildman–Crippen LogP) is 2.77. The average Bonchev–Trinajstić information content (AvgIpc) is 2.81.